The summed E-state index contributed by atoms with van der Waals surface area (Å²) >= 11 is 0. The second-order valence-corrected chi connectivity index (χ2v) is 12.8. The Morgan fingerprint density at radius 1 is 0.333 bits per heavy atom. The molecule has 0 atom stereocenters. The average Bonchev–Trinajstić information content (AvgIpc) is 3.26. The third-order valence-electron chi connectivity index (χ3n) is 9.37. The van der Waals surface area contributed by atoms with Crippen LogP contribution in [0, 0.1) is 6.57 Å². The molecule has 0 saturated carbocycles. The standard InChI is InChI=1S/C48H30N6/c1-49-37-23-15-22-35(30-37)38-29-28-36(47-53-45(33-18-7-3-8-19-33)52-46(54-47)34-20-9-4-10-21-34)31-42(38)39-24-11-12-25-40(39)48-50-43-27-14-13-26-41(43)44(51-48)32-16-5-2-6-17-32/h2-31H. The van der Waals surface area contributed by atoms with Gasteiger partial charge >= 0.3 is 0 Å². The molecule has 0 aliphatic heterocycles. The first-order chi connectivity index (χ1) is 26.7. The molecule has 9 aromatic rings. The van der Waals surface area contributed by atoms with Gasteiger partial charge in [-0.1, -0.05) is 164 Å². The molecule has 0 bridgehead atoms. The summed E-state index contributed by atoms with van der Waals surface area (Å²) in [7, 11) is 0. The molecule has 2 aromatic heterocycles. The zero-order valence-corrected chi connectivity index (χ0v) is 29.0. The summed E-state index contributed by atoms with van der Waals surface area (Å²) in [5, 5.41) is 0.988. The molecule has 54 heavy (non-hydrogen) atoms. The smallest absolute Gasteiger partial charge is 0.187 e. The van der Waals surface area contributed by atoms with Crippen molar-refractivity contribution in [3.05, 3.63) is 193 Å². The van der Waals surface area contributed by atoms with Crippen LogP contribution in [0.1, 0.15) is 0 Å². The fourth-order valence-electron chi connectivity index (χ4n) is 6.76. The summed E-state index contributed by atoms with van der Waals surface area (Å²) in [4.78, 5) is 29.1. The summed E-state index contributed by atoms with van der Waals surface area (Å²) < 4.78 is 0. The van der Waals surface area contributed by atoms with Crippen molar-refractivity contribution < 1.29 is 0 Å². The Hall–Kier alpha value is -7.62. The monoisotopic (exact) mass is 690 g/mol. The number of aromatic nitrogens is 5. The van der Waals surface area contributed by atoms with Gasteiger partial charge in [0.2, 0.25) is 0 Å². The fraction of sp³-hybridized carbons (Fsp3) is 0. The van der Waals surface area contributed by atoms with E-state index in [1.165, 1.54) is 0 Å². The van der Waals surface area contributed by atoms with Gasteiger partial charge in [0.05, 0.1) is 17.8 Å². The van der Waals surface area contributed by atoms with Gasteiger partial charge in [-0.15, -0.1) is 0 Å². The van der Waals surface area contributed by atoms with Gasteiger partial charge in [0, 0.05) is 33.2 Å². The number of hydrogen-bond donors (Lipinski definition) is 0. The van der Waals surface area contributed by atoms with Crippen molar-refractivity contribution in [2.45, 2.75) is 0 Å². The van der Waals surface area contributed by atoms with E-state index >= 15 is 0 Å². The number of nitrogens with zero attached hydrogens (tertiary/aromatic N) is 6. The minimum Gasteiger partial charge on any atom is -0.238 e. The highest BCUT2D eigenvalue weighted by molar-refractivity contribution is 5.97. The van der Waals surface area contributed by atoms with Crippen molar-refractivity contribution >= 4 is 16.6 Å². The minimum atomic E-state index is 0.552. The van der Waals surface area contributed by atoms with E-state index in [0.717, 1.165) is 66.7 Å². The first-order valence-electron chi connectivity index (χ1n) is 17.6. The molecule has 0 saturated heterocycles. The molecule has 0 N–H and O–H groups in total. The molecule has 0 spiro atoms. The summed E-state index contributed by atoms with van der Waals surface area (Å²) in [5.41, 5.74) is 10.6. The van der Waals surface area contributed by atoms with Crippen LogP contribution in [0.25, 0.3) is 94.8 Å². The van der Waals surface area contributed by atoms with Gasteiger partial charge in [-0.05, 0) is 40.5 Å². The van der Waals surface area contributed by atoms with E-state index < -0.39 is 0 Å². The molecule has 252 valence electrons. The normalized spacial score (nSPS) is 10.9. The molecule has 0 aliphatic rings. The highest BCUT2D eigenvalue weighted by atomic mass is 15.0. The zero-order chi connectivity index (χ0) is 36.3. The number of fused-ring (bicyclic) bond motifs is 1. The Morgan fingerprint density at radius 3 is 1.56 bits per heavy atom. The molecule has 0 radical (unpaired) electrons. The van der Waals surface area contributed by atoms with E-state index in [2.05, 4.69) is 47.3 Å². The molecule has 7 aromatic carbocycles. The molecule has 0 fully saturated rings. The van der Waals surface area contributed by atoms with Crippen molar-refractivity contribution in [1.82, 2.24) is 24.9 Å². The molecule has 2 heterocycles. The average molecular weight is 691 g/mol. The third-order valence-corrected chi connectivity index (χ3v) is 9.37. The highest BCUT2D eigenvalue weighted by Gasteiger charge is 2.20. The summed E-state index contributed by atoms with van der Waals surface area (Å²) in [5.74, 6) is 2.35. The Balaban J connectivity index is 1.28. The third kappa shape index (κ3) is 6.27. The Morgan fingerprint density at radius 2 is 0.889 bits per heavy atom. The second-order valence-electron chi connectivity index (χ2n) is 12.8. The summed E-state index contributed by atoms with van der Waals surface area (Å²) in [6, 6.07) is 60.6. The van der Waals surface area contributed by atoms with Crippen LogP contribution in [-0.2, 0) is 0 Å². The van der Waals surface area contributed by atoms with Gasteiger partial charge in [0.25, 0.3) is 0 Å². The van der Waals surface area contributed by atoms with E-state index in [9.17, 15) is 0 Å². The van der Waals surface area contributed by atoms with Gasteiger partial charge in [-0.2, -0.15) is 0 Å². The Labute approximate surface area is 313 Å². The summed E-state index contributed by atoms with van der Waals surface area (Å²) in [6.45, 7) is 7.74. The number of rotatable bonds is 7. The van der Waals surface area contributed by atoms with Crippen LogP contribution < -0.4 is 0 Å². The molecule has 9 rings (SSSR count). The zero-order valence-electron chi connectivity index (χ0n) is 29.0. The van der Waals surface area contributed by atoms with E-state index in [4.69, 9.17) is 31.5 Å². The van der Waals surface area contributed by atoms with Crippen LogP contribution in [0.5, 0.6) is 0 Å². The highest BCUT2D eigenvalue weighted by Crippen LogP contribution is 2.41. The van der Waals surface area contributed by atoms with Gasteiger partial charge in [0.1, 0.15) is 0 Å². The van der Waals surface area contributed by atoms with Crippen molar-refractivity contribution in [1.29, 1.82) is 0 Å². The van der Waals surface area contributed by atoms with Crippen molar-refractivity contribution in [2.24, 2.45) is 0 Å². The number of para-hydroxylation sites is 1. The predicted molar refractivity (Wildman–Crippen MR) is 217 cm³/mol. The van der Waals surface area contributed by atoms with Crippen LogP contribution in [-0.4, -0.2) is 24.9 Å². The van der Waals surface area contributed by atoms with Gasteiger partial charge in [-0.3, -0.25) is 0 Å². The van der Waals surface area contributed by atoms with E-state index in [1.807, 2.05) is 140 Å². The topological polar surface area (TPSA) is 68.8 Å². The molecule has 0 unspecified atom stereocenters. The lowest BCUT2D eigenvalue weighted by Crippen LogP contribution is -2.01. The van der Waals surface area contributed by atoms with Crippen LogP contribution in [0.3, 0.4) is 0 Å². The number of benzene rings is 7. The van der Waals surface area contributed by atoms with E-state index in [1.54, 1.807) is 0 Å². The molecule has 0 aliphatic carbocycles. The Bertz CT molecular complexity index is 2770. The lowest BCUT2D eigenvalue weighted by atomic mass is 9.89. The maximum atomic E-state index is 7.74. The van der Waals surface area contributed by atoms with E-state index in [-0.39, 0.29) is 0 Å². The summed E-state index contributed by atoms with van der Waals surface area (Å²) in [6.07, 6.45) is 0. The molecular formula is C48H30N6. The fourth-order valence-corrected chi connectivity index (χ4v) is 6.76. The van der Waals surface area contributed by atoms with Crippen LogP contribution in [0.15, 0.2) is 182 Å². The lowest BCUT2D eigenvalue weighted by Gasteiger charge is -2.17. The van der Waals surface area contributed by atoms with Crippen LogP contribution in [0.2, 0.25) is 0 Å². The van der Waals surface area contributed by atoms with Gasteiger partial charge < -0.3 is 0 Å². The van der Waals surface area contributed by atoms with Crippen molar-refractivity contribution in [2.75, 3.05) is 0 Å². The van der Waals surface area contributed by atoms with Crippen LogP contribution in [0.4, 0.5) is 5.69 Å². The Kier molecular flexibility index (Phi) is 8.48. The number of hydrogen-bond acceptors (Lipinski definition) is 5. The maximum Gasteiger partial charge on any atom is 0.187 e. The minimum absolute atomic E-state index is 0.552. The first kappa shape index (κ1) is 32.3. The van der Waals surface area contributed by atoms with Crippen molar-refractivity contribution in [3.63, 3.8) is 0 Å². The van der Waals surface area contributed by atoms with Gasteiger partial charge in [0.15, 0.2) is 29.0 Å². The largest absolute Gasteiger partial charge is 0.238 e. The molecule has 6 nitrogen and oxygen atoms in total. The molecule has 0 amide bonds. The van der Waals surface area contributed by atoms with Crippen LogP contribution >= 0.6 is 0 Å². The van der Waals surface area contributed by atoms with E-state index in [0.29, 0.717) is 29.0 Å². The second kappa shape index (κ2) is 14.2. The van der Waals surface area contributed by atoms with Crippen molar-refractivity contribution in [3.8, 4) is 79.1 Å². The lowest BCUT2D eigenvalue weighted by molar-refractivity contribution is 1.07. The predicted octanol–water partition coefficient (Wildman–Crippen LogP) is 12.0. The SMILES string of the molecule is [C-]#[N+]c1cccc(-c2ccc(-c3nc(-c4ccccc4)nc(-c4ccccc4)n3)cc2-c2ccccc2-c2nc(-c3ccccc3)c3ccccc3n2)c1. The maximum absolute atomic E-state index is 7.74. The first-order valence-corrected chi connectivity index (χ1v) is 17.6. The molecule has 6 heteroatoms. The van der Waals surface area contributed by atoms with Gasteiger partial charge in [-0.25, -0.2) is 29.8 Å². The quantitative estimate of drug-likeness (QED) is 0.156. The molecular weight excluding hydrogens is 661 g/mol.